The summed E-state index contributed by atoms with van der Waals surface area (Å²) in [6.07, 6.45) is 2.23. The van der Waals surface area contributed by atoms with Gasteiger partial charge in [0.25, 0.3) is 0 Å². The molecule has 0 atom stereocenters. The molecule has 1 heterocycles. The number of hydrogen-bond donors (Lipinski definition) is 2. The largest absolute Gasteiger partial charge is 0.389 e. The number of nitrogens with one attached hydrogen (secondary N) is 1. The second kappa shape index (κ2) is 6.29. The molecule has 0 saturated heterocycles. The van der Waals surface area contributed by atoms with Crippen LogP contribution in [0.1, 0.15) is 17.7 Å². The molecule has 104 valence electrons. The number of hydrogen-bond acceptors (Lipinski definition) is 3. The summed E-state index contributed by atoms with van der Waals surface area (Å²) in [5.74, 6) is -0.0544. The number of carbonyl (C=O) groups is 1. The van der Waals surface area contributed by atoms with Crippen LogP contribution in [0.2, 0.25) is 0 Å². The summed E-state index contributed by atoms with van der Waals surface area (Å²) in [5.41, 5.74) is 7.97. The topological polar surface area (TPSA) is 72.9 Å². The highest BCUT2D eigenvalue weighted by Crippen LogP contribution is 2.10. The maximum absolute atomic E-state index is 11.8. The summed E-state index contributed by atoms with van der Waals surface area (Å²) in [7, 11) is 0. The fourth-order valence-corrected chi connectivity index (χ4v) is 1.88. The Morgan fingerprint density at radius 3 is 2.60 bits per heavy atom. The first kappa shape index (κ1) is 14.2. The minimum atomic E-state index is -0.0544. The van der Waals surface area contributed by atoms with Gasteiger partial charge in [0.2, 0.25) is 5.91 Å². The van der Waals surface area contributed by atoms with Gasteiger partial charge in [-0.25, -0.2) is 0 Å². The summed E-state index contributed by atoms with van der Waals surface area (Å²) < 4.78 is 1.75. The van der Waals surface area contributed by atoms with Crippen molar-refractivity contribution in [2.45, 2.75) is 19.9 Å². The summed E-state index contributed by atoms with van der Waals surface area (Å²) in [5, 5.41) is 7.05. The van der Waals surface area contributed by atoms with E-state index in [0.717, 1.165) is 16.9 Å². The fourth-order valence-electron chi connectivity index (χ4n) is 1.75. The number of rotatable bonds is 5. The van der Waals surface area contributed by atoms with Gasteiger partial charge in [-0.15, -0.1) is 0 Å². The van der Waals surface area contributed by atoms with Crippen LogP contribution in [-0.2, 0) is 11.3 Å². The number of thiocarbonyl (C=S) groups is 1. The maximum Gasteiger partial charge on any atom is 0.226 e. The Balaban J connectivity index is 1.86. The lowest BCUT2D eigenvalue weighted by Crippen LogP contribution is -2.15. The average Bonchev–Trinajstić information content (AvgIpc) is 2.83. The molecule has 1 aromatic carbocycles. The molecule has 6 heteroatoms. The highest BCUT2D eigenvalue weighted by Gasteiger charge is 2.04. The van der Waals surface area contributed by atoms with Gasteiger partial charge in [0.1, 0.15) is 4.99 Å². The quantitative estimate of drug-likeness (QED) is 0.824. The minimum absolute atomic E-state index is 0.0544. The molecule has 0 aliphatic heterocycles. The van der Waals surface area contributed by atoms with Crippen molar-refractivity contribution in [3.63, 3.8) is 0 Å². The molecular formula is C14H16N4OS. The molecule has 0 fully saturated rings. The summed E-state index contributed by atoms with van der Waals surface area (Å²) >= 11 is 4.87. The summed E-state index contributed by atoms with van der Waals surface area (Å²) in [6.45, 7) is 2.48. The van der Waals surface area contributed by atoms with Gasteiger partial charge >= 0.3 is 0 Å². The van der Waals surface area contributed by atoms with Gasteiger partial charge in [-0.1, -0.05) is 12.2 Å². The van der Waals surface area contributed by atoms with E-state index in [1.165, 1.54) is 0 Å². The van der Waals surface area contributed by atoms with E-state index in [0.29, 0.717) is 18.0 Å². The molecule has 0 saturated carbocycles. The Bertz CT molecular complexity index is 618. The third-order valence-electron chi connectivity index (χ3n) is 2.80. The van der Waals surface area contributed by atoms with Gasteiger partial charge in [-0.2, -0.15) is 5.10 Å². The molecule has 1 amide bonds. The molecule has 0 unspecified atom stereocenters. The first-order valence-electron chi connectivity index (χ1n) is 6.24. The second-order valence-corrected chi connectivity index (χ2v) is 4.90. The third-order valence-corrected chi connectivity index (χ3v) is 3.03. The number of carbonyl (C=O) groups excluding carboxylic acids is 1. The lowest BCUT2D eigenvalue weighted by molar-refractivity contribution is -0.116. The van der Waals surface area contributed by atoms with Crippen LogP contribution in [0.4, 0.5) is 5.69 Å². The molecule has 20 heavy (non-hydrogen) atoms. The van der Waals surface area contributed by atoms with Gasteiger partial charge in [0.15, 0.2) is 0 Å². The fraction of sp³-hybridized carbons (Fsp3) is 0.214. The van der Waals surface area contributed by atoms with Crippen LogP contribution in [0.3, 0.4) is 0 Å². The molecule has 0 aliphatic carbocycles. The Hall–Kier alpha value is -2.21. The van der Waals surface area contributed by atoms with Crippen molar-refractivity contribution in [2.24, 2.45) is 5.73 Å². The van der Waals surface area contributed by atoms with E-state index in [-0.39, 0.29) is 5.91 Å². The van der Waals surface area contributed by atoms with Crippen LogP contribution in [0.25, 0.3) is 0 Å². The predicted octanol–water partition coefficient (Wildman–Crippen LogP) is 1.85. The molecular weight excluding hydrogens is 272 g/mol. The standard InChI is InChI=1S/C14H16N4OS/c1-10-6-8-18(17-10)9-7-13(19)16-12-4-2-11(3-5-12)14(15)20/h2-6,8H,7,9H2,1H3,(H2,15,20)(H,16,19). The zero-order valence-corrected chi connectivity index (χ0v) is 12.0. The van der Waals surface area contributed by atoms with Crippen LogP contribution in [0.5, 0.6) is 0 Å². The first-order chi connectivity index (χ1) is 9.54. The van der Waals surface area contributed by atoms with Gasteiger partial charge < -0.3 is 11.1 Å². The van der Waals surface area contributed by atoms with Crippen LogP contribution < -0.4 is 11.1 Å². The van der Waals surface area contributed by atoms with Crippen molar-refractivity contribution in [2.75, 3.05) is 5.32 Å². The Labute approximate surface area is 122 Å². The van der Waals surface area contributed by atoms with E-state index in [1.54, 1.807) is 28.9 Å². The zero-order chi connectivity index (χ0) is 14.5. The van der Waals surface area contributed by atoms with Crippen molar-refractivity contribution in [3.8, 4) is 0 Å². The Morgan fingerprint density at radius 2 is 2.05 bits per heavy atom. The summed E-state index contributed by atoms with van der Waals surface area (Å²) in [6, 6.07) is 9.05. The average molecular weight is 288 g/mol. The lowest BCUT2D eigenvalue weighted by Gasteiger charge is -2.06. The molecule has 2 rings (SSSR count). The van der Waals surface area contributed by atoms with Crippen LogP contribution in [0, 0.1) is 6.92 Å². The van der Waals surface area contributed by atoms with E-state index in [4.69, 9.17) is 18.0 Å². The predicted molar refractivity (Wildman–Crippen MR) is 82.5 cm³/mol. The van der Waals surface area contributed by atoms with Gasteiger partial charge in [-0.3, -0.25) is 9.48 Å². The number of anilines is 1. The molecule has 1 aromatic heterocycles. The number of nitrogens with two attached hydrogens (primary N) is 1. The molecule has 2 aromatic rings. The molecule has 5 nitrogen and oxygen atoms in total. The van der Waals surface area contributed by atoms with E-state index in [2.05, 4.69) is 10.4 Å². The number of amides is 1. The number of aryl methyl sites for hydroxylation is 2. The molecule has 0 spiro atoms. The van der Waals surface area contributed by atoms with Gasteiger partial charge in [-0.05, 0) is 37.3 Å². The van der Waals surface area contributed by atoms with Crippen molar-refractivity contribution in [1.29, 1.82) is 0 Å². The zero-order valence-electron chi connectivity index (χ0n) is 11.2. The number of benzene rings is 1. The molecule has 0 aliphatic rings. The van der Waals surface area contributed by atoms with Gasteiger partial charge in [0, 0.05) is 30.4 Å². The van der Waals surface area contributed by atoms with Crippen molar-refractivity contribution in [1.82, 2.24) is 9.78 Å². The van der Waals surface area contributed by atoms with Crippen molar-refractivity contribution >= 4 is 28.8 Å². The number of nitrogens with zero attached hydrogens (tertiary/aromatic N) is 2. The normalized spacial score (nSPS) is 10.2. The van der Waals surface area contributed by atoms with Crippen molar-refractivity contribution < 1.29 is 4.79 Å². The van der Waals surface area contributed by atoms with Crippen LogP contribution in [0.15, 0.2) is 36.5 Å². The van der Waals surface area contributed by atoms with E-state index in [9.17, 15) is 4.79 Å². The van der Waals surface area contributed by atoms with E-state index >= 15 is 0 Å². The van der Waals surface area contributed by atoms with Crippen LogP contribution in [-0.4, -0.2) is 20.7 Å². The summed E-state index contributed by atoms with van der Waals surface area (Å²) in [4.78, 5) is 12.2. The number of aromatic nitrogens is 2. The van der Waals surface area contributed by atoms with Crippen LogP contribution >= 0.6 is 12.2 Å². The highest BCUT2D eigenvalue weighted by atomic mass is 32.1. The highest BCUT2D eigenvalue weighted by molar-refractivity contribution is 7.80. The monoisotopic (exact) mass is 288 g/mol. The Morgan fingerprint density at radius 1 is 1.35 bits per heavy atom. The third kappa shape index (κ3) is 3.89. The smallest absolute Gasteiger partial charge is 0.226 e. The second-order valence-electron chi connectivity index (χ2n) is 4.46. The molecule has 0 bridgehead atoms. The van der Waals surface area contributed by atoms with Gasteiger partial charge in [0.05, 0.1) is 5.69 Å². The minimum Gasteiger partial charge on any atom is -0.389 e. The lowest BCUT2D eigenvalue weighted by atomic mass is 10.2. The molecule has 0 radical (unpaired) electrons. The molecule has 3 N–H and O–H groups in total. The van der Waals surface area contributed by atoms with Crippen molar-refractivity contribution in [3.05, 3.63) is 47.8 Å². The van der Waals surface area contributed by atoms with E-state index < -0.39 is 0 Å². The van der Waals surface area contributed by atoms with E-state index in [1.807, 2.05) is 19.2 Å². The first-order valence-corrected chi connectivity index (χ1v) is 6.65. The Kier molecular flexibility index (Phi) is 4.47. The SMILES string of the molecule is Cc1ccn(CCC(=O)Nc2ccc(C(N)=S)cc2)n1. The maximum atomic E-state index is 11.8.